The van der Waals surface area contributed by atoms with E-state index in [1.165, 1.54) is 6.92 Å². The highest BCUT2D eigenvalue weighted by Crippen LogP contribution is 2.40. The Morgan fingerprint density at radius 3 is 2.79 bits per heavy atom. The lowest BCUT2D eigenvalue weighted by Crippen LogP contribution is -2.43. The van der Waals surface area contributed by atoms with Gasteiger partial charge in [-0.1, -0.05) is 6.08 Å². The molecular formula is C13H20O6. The van der Waals surface area contributed by atoms with Crippen molar-refractivity contribution in [1.29, 1.82) is 0 Å². The zero-order valence-electron chi connectivity index (χ0n) is 11.4. The Hall–Kier alpha value is -0.950. The van der Waals surface area contributed by atoms with Gasteiger partial charge >= 0.3 is 5.97 Å². The fourth-order valence-corrected chi connectivity index (χ4v) is 2.44. The summed E-state index contributed by atoms with van der Waals surface area (Å²) in [6.45, 7) is 8.40. The number of aliphatic hydroxyl groups is 1. The van der Waals surface area contributed by atoms with Gasteiger partial charge in [-0.05, 0) is 20.3 Å². The monoisotopic (exact) mass is 272 g/mol. The number of rotatable bonds is 4. The molecule has 0 amide bonds. The second-order valence-electron chi connectivity index (χ2n) is 5.24. The van der Waals surface area contributed by atoms with Gasteiger partial charge in [-0.25, -0.2) is 0 Å². The van der Waals surface area contributed by atoms with Gasteiger partial charge in [0, 0.05) is 6.92 Å². The molecule has 0 aliphatic carbocycles. The van der Waals surface area contributed by atoms with E-state index < -0.39 is 42.5 Å². The van der Waals surface area contributed by atoms with Crippen molar-refractivity contribution in [3.63, 3.8) is 0 Å². The maximum atomic E-state index is 11.2. The van der Waals surface area contributed by atoms with E-state index in [1.807, 2.05) is 0 Å². The van der Waals surface area contributed by atoms with E-state index >= 15 is 0 Å². The van der Waals surface area contributed by atoms with Crippen LogP contribution in [0.4, 0.5) is 0 Å². The summed E-state index contributed by atoms with van der Waals surface area (Å²) in [7, 11) is 0. The Kier molecular flexibility index (Phi) is 3.96. The number of carbonyl (C=O) groups excluding carboxylic acids is 1. The molecule has 108 valence electrons. The summed E-state index contributed by atoms with van der Waals surface area (Å²) in [5.41, 5.74) is 0. The van der Waals surface area contributed by atoms with Crippen LogP contribution in [0.15, 0.2) is 12.7 Å². The number of fused-ring (bicyclic) bond motifs is 1. The highest BCUT2D eigenvalue weighted by atomic mass is 16.8. The quantitative estimate of drug-likeness (QED) is 0.601. The maximum Gasteiger partial charge on any atom is 0.303 e. The second-order valence-corrected chi connectivity index (χ2v) is 5.24. The van der Waals surface area contributed by atoms with Gasteiger partial charge in [-0.3, -0.25) is 4.79 Å². The zero-order chi connectivity index (χ0) is 14.2. The van der Waals surface area contributed by atoms with Gasteiger partial charge in [0.25, 0.3) is 0 Å². The Morgan fingerprint density at radius 2 is 2.21 bits per heavy atom. The Morgan fingerprint density at radius 1 is 1.53 bits per heavy atom. The van der Waals surface area contributed by atoms with Gasteiger partial charge in [0.15, 0.2) is 24.3 Å². The smallest absolute Gasteiger partial charge is 0.303 e. The van der Waals surface area contributed by atoms with E-state index in [9.17, 15) is 9.90 Å². The van der Waals surface area contributed by atoms with E-state index in [4.69, 9.17) is 18.9 Å². The average molecular weight is 272 g/mol. The standard InChI is InChI=1S/C13H20O6/c1-5-6-8(15)9-10(16-7(2)14)11-12(17-9)19-13(3,4)18-11/h5,8-12,15H,1,6H2,2-4H3/t8-,9-,10+,11-,12-/m1/s1. The minimum absolute atomic E-state index is 0.339. The Bertz CT molecular complexity index is 366. The lowest BCUT2D eigenvalue weighted by molar-refractivity contribution is -0.228. The molecule has 2 aliphatic heterocycles. The summed E-state index contributed by atoms with van der Waals surface area (Å²) in [6.07, 6.45) is -1.41. The summed E-state index contributed by atoms with van der Waals surface area (Å²) >= 11 is 0. The first-order valence-corrected chi connectivity index (χ1v) is 6.31. The number of esters is 1. The molecule has 0 unspecified atom stereocenters. The topological polar surface area (TPSA) is 74.2 Å². The van der Waals surface area contributed by atoms with Crippen LogP contribution in [0.2, 0.25) is 0 Å². The van der Waals surface area contributed by atoms with Crippen LogP contribution < -0.4 is 0 Å². The van der Waals surface area contributed by atoms with Crippen molar-refractivity contribution in [3.05, 3.63) is 12.7 Å². The molecular weight excluding hydrogens is 252 g/mol. The Labute approximate surface area is 112 Å². The molecule has 0 spiro atoms. The van der Waals surface area contributed by atoms with Gasteiger partial charge in [0.05, 0.1) is 6.10 Å². The molecule has 0 aromatic carbocycles. The predicted molar refractivity (Wildman–Crippen MR) is 65.1 cm³/mol. The summed E-state index contributed by atoms with van der Waals surface area (Å²) in [5.74, 6) is -1.24. The van der Waals surface area contributed by atoms with Crippen LogP contribution in [0.3, 0.4) is 0 Å². The van der Waals surface area contributed by atoms with E-state index in [1.54, 1.807) is 19.9 Å². The van der Waals surface area contributed by atoms with Crippen molar-refractivity contribution in [2.24, 2.45) is 0 Å². The minimum atomic E-state index is -0.817. The lowest BCUT2D eigenvalue weighted by Gasteiger charge is -2.27. The normalized spacial score (nSPS) is 37.7. The molecule has 2 saturated heterocycles. The average Bonchev–Trinajstić information content (AvgIpc) is 2.72. The van der Waals surface area contributed by atoms with Crippen molar-refractivity contribution in [2.45, 2.75) is 63.7 Å². The van der Waals surface area contributed by atoms with Crippen molar-refractivity contribution in [3.8, 4) is 0 Å². The van der Waals surface area contributed by atoms with Gasteiger partial charge < -0.3 is 24.1 Å². The molecule has 0 radical (unpaired) electrons. The number of hydrogen-bond donors (Lipinski definition) is 1. The van der Waals surface area contributed by atoms with E-state index in [2.05, 4.69) is 6.58 Å². The summed E-state index contributed by atoms with van der Waals surface area (Å²) in [5, 5.41) is 10.0. The predicted octanol–water partition coefficient (Wildman–Crippen LogP) is 0.731. The number of hydrogen-bond acceptors (Lipinski definition) is 6. The highest BCUT2D eigenvalue weighted by molar-refractivity contribution is 5.66. The summed E-state index contributed by atoms with van der Waals surface area (Å²) in [4.78, 5) is 11.2. The largest absolute Gasteiger partial charge is 0.457 e. The maximum absolute atomic E-state index is 11.2. The molecule has 0 aromatic rings. The molecule has 0 bridgehead atoms. The molecule has 2 heterocycles. The van der Waals surface area contributed by atoms with Crippen LogP contribution in [-0.4, -0.2) is 47.6 Å². The fraction of sp³-hybridized carbons (Fsp3) is 0.769. The van der Waals surface area contributed by atoms with Crippen molar-refractivity contribution >= 4 is 5.97 Å². The van der Waals surface area contributed by atoms with E-state index in [0.717, 1.165) is 0 Å². The molecule has 5 atom stereocenters. The van der Waals surface area contributed by atoms with Crippen LogP contribution in [-0.2, 0) is 23.7 Å². The third kappa shape index (κ3) is 2.97. The first-order valence-electron chi connectivity index (χ1n) is 6.31. The first-order chi connectivity index (χ1) is 8.84. The lowest BCUT2D eigenvalue weighted by atomic mass is 10.0. The van der Waals surface area contributed by atoms with Gasteiger partial charge in [-0.2, -0.15) is 0 Å². The van der Waals surface area contributed by atoms with Crippen LogP contribution >= 0.6 is 0 Å². The molecule has 2 rings (SSSR count). The summed E-state index contributed by atoms with van der Waals surface area (Å²) < 4.78 is 22.1. The third-order valence-electron chi connectivity index (χ3n) is 3.12. The van der Waals surface area contributed by atoms with Crippen LogP contribution in [0.1, 0.15) is 27.2 Å². The van der Waals surface area contributed by atoms with Gasteiger partial charge in [-0.15, -0.1) is 6.58 Å². The van der Waals surface area contributed by atoms with Crippen molar-refractivity contribution < 1.29 is 28.8 Å². The molecule has 2 aliphatic rings. The summed E-state index contributed by atoms with van der Waals surface area (Å²) in [6, 6.07) is 0. The minimum Gasteiger partial charge on any atom is -0.457 e. The highest BCUT2D eigenvalue weighted by Gasteiger charge is 2.57. The van der Waals surface area contributed by atoms with Gasteiger partial charge in [0.1, 0.15) is 6.10 Å². The molecule has 0 aromatic heterocycles. The van der Waals surface area contributed by atoms with Crippen LogP contribution in [0, 0.1) is 0 Å². The second kappa shape index (κ2) is 5.20. The molecule has 0 saturated carbocycles. The molecule has 6 nitrogen and oxygen atoms in total. The molecule has 6 heteroatoms. The SMILES string of the molecule is C=CC[C@@H](O)[C@H]1O[C@@H]2OC(C)(C)O[C@@H]2[C@H]1OC(C)=O. The number of carbonyl (C=O) groups is 1. The molecule has 19 heavy (non-hydrogen) atoms. The van der Waals surface area contributed by atoms with E-state index in [0.29, 0.717) is 6.42 Å². The Balaban J connectivity index is 2.14. The van der Waals surface area contributed by atoms with Crippen molar-refractivity contribution in [2.75, 3.05) is 0 Å². The van der Waals surface area contributed by atoms with Crippen LogP contribution in [0.25, 0.3) is 0 Å². The van der Waals surface area contributed by atoms with Crippen molar-refractivity contribution in [1.82, 2.24) is 0 Å². The third-order valence-corrected chi connectivity index (χ3v) is 3.12. The van der Waals surface area contributed by atoms with E-state index in [-0.39, 0.29) is 0 Å². The zero-order valence-corrected chi connectivity index (χ0v) is 11.4. The fourth-order valence-electron chi connectivity index (χ4n) is 2.44. The van der Waals surface area contributed by atoms with Crippen LogP contribution in [0.5, 0.6) is 0 Å². The first kappa shape index (κ1) is 14.5. The number of ether oxygens (including phenoxy) is 4. The number of aliphatic hydroxyl groups excluding tert-OH is 1. The molecule has 1 N–H and O–H groups in total. The molecule has 2 fully saturated rings. The van der Waals surface area contributed by atoms with Gasteiger partial charge in [0.2, 0.25) is 0 Å².